The third kappa shape index (κ3) is 4.22. The van der Waals surface area contributed by atoms with Crippen molar-refractivity contribution in [1.82, 2.24) is 14.9 Å². The number of rotatable bonds is 2. The molecule has 7 nitrogen and oxygen atoms in total. The zero-order valence-corrected chi connectivity index (χ0v) is 15.5. The number of anilines is 2. The van der Waals surface area contributed by atoms with Gasteiger partial charge in [0.1, 0.15) is 11.9 Å². The minimum absolute atomic E-state index is 0.254. The fraction of sp³-hybridized carbons (Fsp3) is 0.421. The molecule has 0 spiro atoms. The fourth-order valence-electron chi connectivity index (χ4n) is 2.90. The van der Waals surface area contributed by atoms with E-state index in [9.17, 15) is 4.79 Å². The van der Waals surface area contributed by atoms with Gasteiger partial charge in [0.15, 0.2) is 0 Å². The predicted molar refractivity (Wildman–Crippen MR) is 102 cm³/mol. The molecule has 0 bridgehead atoms. The number of carbonyl (C=O) groups excluding carboxylic acids is 1. The van der Waals surface area contributed by atoms with Gasteiger partial charge in [-0.2, -0.15) is 0 Å². The molecule has 0 saturated carbocycles. The Morgan fingerprint density at radius 1 is 1.15 bits per heavy atom. The van der Waals surface area contributed by atoms with E-state index in [-0.39, 0.29) is 6.09 Å². The normalized spacial score (nSPS) is 15.0. The first-order valence-electron chi connectivity index (χ1n) is 8.72. The van der Waals surface area contributed by atoms with E-state index in [1.807, 2.05) is 45.0 Å². The first-order chi connectivity index (χ1) is 12.3. The summed E-state index contributed by atoms with van der Waals surface area (Å²) in [5, 5.41) is 0. The summed E-state index contributed by atoms with van der Waals surface area (Å²) in [6.45, 7) is 8.37. The van der Waals surface area contributed by atoms with Crippen LogP contribution in [0.3, 0.4) is 0 Å². The van der Waals surface area contributed by atoms with E-state index in [0.29, 0.717) is 18.8 Å². The summed E-state index contributed by atoms with van der Waals surface area (Å²) >= 11 is 0. The van der Waals surface area contributed by atoms with Gasteiger partial charge in [0.25, 0.3) is 0 Å². The number of hydrogen-bond acceptors (Lipinski definition) is 6. The predicted octanol–water partition coefficient (Wildman–Crippen LogP) is 2.78. The van der Waals surface area contributed by atoms with Crippen LogP contribution in [0.15, 0.2) is 36.8 Å². The van der Waals surface area contributed by atoms with Crippen molar-refractivity contribution in [3.05, 3.63) is 36.8 Å². The van der Waals surface area contributed by atoms with Crippen LogP contribution in [-0.4, -0.2) is 52.7 Å². The van der Waals surface area contributed by atoms with Gasteiger partial charge in [0.05, 0.1) is 5.69 Å². The summed E-state index contributed by atoms with van der Waals surface area (Å²) < 4.78 is 5.44. The van der Waals surface area contributed by atoms with Crippen LogP contribution in [0.25, 0.3) is 11.3 Å². The minimum Gasteiger partial charge on any atom is -0.444 e. The molecule has 7 heteroatoms. The van der Waals surface area contributed by atoms with E-state index in [1.165, 1.54) is 6.33 Å². The topological polar surface area (TPSA) is 84.6 Å². The van der Waals surface area contributed by atoms with Crippen LogP contribution in [0.5, 0.6) is 0 Å². The van der Waals surface area contributed by atoms with E-state index in [1.54, 1.807) is 11.1 Å². The average molecular weight is 355 g/mol. The molecule has 1 fully saturated rings. The Balaban J connectivity index is 1.65. The van der Waals surface area contributed by atoms with Crippen molar-refractivity contribution in [1.29, 1.82) is 0 Å². The van der Waals surface area contributed by atoms with Gasteiger partial charge in [0.2, 0.25) is 0 Å². The molecular weight excluding hydrogens is 330 g/mol. The van der Waals surface area contributed by atoms with Gasteiger partial charge in [-0.3, -0.25) is 0 Å². The van der Waals surface area contributed by atoms with Crippen LogP contribution in [0, 0.1) is 0 Å². The quantitative estimate of drug-likeness (QED) is 0.834. The minimum atomic E-state index is -0.473. The van der Waals surface area contributed by atoms with Crippen molar-refractivity contribution in [3.8, 4) is 11.3 Å². The molecule has 138 valence electrons. The maximum absolute atomic E-state index is 12.2. The highest BCUT2D eigenvalue weighted by Gasteiger charge is 2.26. The molecule has 0 aliphatic carbocycles. The van der Waals surface area contributed by atoms with Crippen molar-refractivity contribution < 1.29 is 9.53 Å². The van der Waals surface area contributed by atoms with Crippen molar-refractivity contribution in [2.75, 3.05) is 36.8 Å². The van der Waals surface area contributed by atoms with E-state index in [0.717, 1.165) is 30.0 Å². The Bertz CT molecular complexity index is 765. The van der Waals surface area contributed by atoms with Crippen LogP contribution < -0.4 is 10.6 Å². The van der Waals surface area contributed by atoms with Gasteiger partial charge < -0.3 is 20.3 Å². The summed E-state index contributed by atoms with van der Waals surface area (Å²) in [5.41, 5.74) is 9.18. The summed E-state index contributed by atoms with van der Waals surface area (Å²) in [5.74, 6) is 0. The van der Waals surface area contributed by atoms with Gasteiger partial charge in [-0.25, -0.2) is 14.8 Å². The Labute approximate surface area is 153 Å². The number of amides is 1. The lowest BCUT2D eigenvalue weighted by Gasteiger charge is -2.36. The van der Waals surface area contributed by atoms with E-state index in [4.69, 9.17) is 10.5 Å². The van der Waals surface area contributed by atoms with Crippen LogP contribution in [0.2, 0.25) is 0 Å². The molecule has 1 aromatic heterocycles. The smallest absolute Gasteiger partial charge is 0.410 e. The number of piperazine rings is 1. The largest absolute Gasteiger partial charge is 0.444 e. The molecule has 0 atom stereocenters. The molecule has 26 heavy (non-hydrogen) atoms. The molecular formula is C19H25N5O2. The summed E-state index contributed by atoms with van der Waals surface area (Å²) in [6.07, 6.45) is 2.96. The Hall–Kier alpha value is -2.83. The first-order valence-corrected chi connectivity index (χ1v) is 8.72. The Morgan fingerprint density at radius 2 is 1.88 bits per heavy atom. The maximum atomic E-state index is 12.2. The van der Waals surface area contributed by atoms with Crippen molar-refractivity contribution >= 4 is 17.5 Å². The molecule has 1 amide bonds. The number of carbonyl (C=O) groups is 1. The molecule has 1 aliphatic heterocycles. The van der Waals surface area contributed by atoms with Gasteiger partial charge in [-0.05, 0) is 45.0 Å². The van der Waals surface area contributed by atoms with E-state index in [2.05, 4.69) is 14.9 Å². The highest BCUT2D eigenvalue weighted by Crippen LogP contribution is 2.29. The van der Waals surface area contributed by atoms with Gasteiger partial charge >= 0.3 is 6.09 Å². The monoisotopic (exact) mass is 355 g/mol. The van der Waals surface area contributed by atoms with Crippen LogP contribution >= 0.6 is 0 Å². The fourth-order valence-corrected chi connectivity index (χ4v) is 2.90. The molecule has 2 heterocycles. The third-order valence-electron chi connectivity index (χ3n) is 4.19. The molecule has 2 aromatic rings. The van der Waals surface area contributed by atoms with Gasteiger partial charge in [-0.1, -0.05) is 0 Å². The van der Waals surface area contributed by atoms with E-state index >= 15 is 0 Å². The Morgan fingerprint density at radius 3 is 2.46 bits per heavy atom. The second kappa shape index (κ2) is 7.19. The number of ether oxygens (including phenoxy) is 1. The average Bonchev–Trinajstić information content (AvgIpc) is 2.61. The Kier molecular flexibility index (Phi) is 4.97. The molecule has 1 aromatic carbocycles. The van der Waals surface area contributed by atoms with Gasteiger partial charge in [-0.15, -0.1) is 0 Å². The summed E-state index contributed by atoms with van der Waals surface area (Å²) in [6, 6.07) is 7.82. The van der Waals surface area contributed by atoms with Crippen molar-refractivity contribution in [2.24, 2.45) is 0 Å². The summed E-state index contributed by atoms with van der Waals surface area (Å²) in [7, 11) is 0. The zero-order chi connectivity index (χ0) is 18.7. The lowest BCUT2D eigenvalue weighted by atomic mass is 10.1. The van der Waals surface area contributed by atoms with Gasteiger partial charge in [0, 0.05) is 49.3 Å². The molecule has 2 N–H and O–H groups in total. The second-order valence-corrected chi connectivity index (χ2v) is 7.32. The van der Waals surface area contributed by atoms with Crippen molar-refractivity contribution in [2.45, 2.75) is 26.4 Å². The van der Waals surface area contributed by atoms with Crippen molar-refractivity contribution in [3.63, 3.8) is 0 Å². The zero-order valence-electron chi connectivity index (χ0n) is 15.5. The molecule has 0 unspecified atom stereocenters. The maximum Gasteiger partial charge on any atom is 0.410 e. The number of nitrogens with two attached hydrogens (primary N) is 1. The van der Waals surface area contributed by atoms with Crippen LogP contribution in [0.1, 0.15) is 20.8 Å². The van der Waals surface area contributed by atoms with Crippen LogP contribution in [-0.2, 0) is 4.74 Å². The second-order valence-electron chi connectivity index (χ2n) is 7.32. The number of hydrogen-bond donors (Lipinski definition) is 1. The highest BCUT2D eigenvalue weighted by atomic mass is 16.6. The first kappa shape index (κ1) is 18.0. The number of aromatic nitrogens is 2. The SMILES string of the molecule is CC(C)(C)OC(=O)N1CCN(c2ccc(-c3ccncn3)c(N)c2)CC1. The highest BCUT2D eigenvalue weighted by molar-refractivity contribution is 5.77. The van der Waals surface area contributed by atoms with E-state index < -0.39 is 5.60 Å². The van der Waals surface area contributed by atoms with Crippen LogP contribution in [0.4, 0.5) is 16.2 Å². The lowest BCUT2D eigenvalue weighted by molar-refractivity contribution is 0.0240. The molecule has 1 saturated heterocycles. The molecule has 1 aliphatic rings. The number of nitrogen functional groups attached to an aromatic ring is 1. The molecule has 0 radical (unpaired) electrons. The summed E-state index contributed by atoms with van der Waals surface area (Å²) in [4.78, 5) is 24.3. The third-order valence-corrected chi connectivity index (χ3v) is 4.19. The number of benzene rings is 1. The molecule has 3 rings (SSSR count). The number of nitrogens with zero attached hydrogens (tertiary/aromatic N) is 4. The standard InChI is InChI=1S/C19H25N5O2/c1-19(2,3)26-18(25)24-10-8-23(9-11-24)14-4-5-15(16(20)12-14)17-6-7-21-13-22-17/h4-7,12-13H,8-11,20H2,1-3H3. The lowest BCUT2D eigenvalue weighted by Crippen LogP contribution is -2.50.